The SMILES string of the molecule is Cc1noc(C)c1S(=O)(=O)NCCn1nc(-c2cccnc2)n(C)c1=O. The van der Waals surface area contributed by atoms with Crippen LogP contribution < -0.4 is 10.4 Å². The van der Waals surface area contributed by atoms with Gasteiger partial charge in [-0.15, -0.1) is 5.10 Å². The van der Waals surface area contributed by atoms with E-state index in [0.29, 0.717) is 11.4 Å². The molecule has 0 fully saturated rings. The van der Waals surface area contributed by atoms with Crippen LogP contribution in [0.4, 0.5) is 0 Å². The van der Waals surface area contributed by atoms with Crippen molar-refractivity contribution in [3.05, 3.63) is 46.5 Å². The maximum atomic E-state index is 12.4. The van der Waals surface area contributed by atoms with Crippen LogP contribution in [0.25, 0.3) is 11.4 Å². The number of aromatic nitrogens is 5. The Morgan fingerprint density at radius 3 is 2.69 bits per heavy atom. The Kier molecular flexibility index (Phi) is 4.74. The molecule has 1 N–H and O–H groups in total. The molecule has 26 heavy (non-hydrogen) atoms. The maximum Gasteiger partial charge on any atom is 0.345 e. The lowest BCUT2D eigenvalue weighted by molar-refractivity contribution is 0.390. The summed E-state index contributed by atoms with van der Waals surface area (Å²) < 4.78 is 34.7. The molecule has 0 unspecified atom stereocenters. The third-order valence-corrected chi connectivity index (χ3v) is 5.52. The molecular weight excluding hydrogens is 360 g/mol. The van der Waals surface area contributed by atoms with Crippen LogP contribution >= 0.6 is 0 Å². The van der Waals surface area contributed by atoms with Crippen LogP contribution in [0.1, 0.15) is 11.5 Å². The van der Waals surface area contributed by atoms with Gasteiger partial charge in [0.25, 0.3) is 0 Å². The van der Waals surface area contributed by atoms with Gasteiger partial charge in [-0.25, -0.2) is 22.6 Å². The summed E-state index contributed by atoms with van der Waals surface area (Å²) in [4.78, 5) is 16.3. The lowest BCUT2D eigenvalue weighted by Gasteiger charge is -2.05. The van der Waals surface area contributed by atoms with Crippen molar-refractivity contribution in [3.63, 3.8) is 0 Å². The Balaban J connectivity index is 1.76. The molecule has 0 aliphatic heterocycles. The van der Waals surface area contributed by atoms with Crippen LogP contribution in [0.15, 0.2) is 38.7 Å². The molecule has 0 saturated heterocycles. The summed E-state index contributed by atoms with van der Waals surface area (Å²) in [7, 11) is -2.18. The highest BCUT2D eigenvalue weighted by Gasteiger charge is 2.24. The first kappa shape index (κ1) is 18.0. The van der Waals surface area contributed by atoms with E-state index >= 15 is 0 Å². The Bertz CT molecular complexity index is 1060. The van der Waals surface area contributed by atoms with Crippen molar-refractivity contribution in [2.45, 2.75) is 25.3 Å². The highest BCUT2D eigenvalue weighted by Crippen LogP contribution is 2.18. The third-order valence-electron chi connectivity index (χ3n) is 3.81. The monoisotopic (exact) mass is 378 g/mol. The summed E-state index contributed by atoms with van der Waals surface area (Å²) in [5.74, 6) is 0.667. The minimum atomic E-state index is -3.78. The van der Waals surface area contributed by atoms with E-state index in [2.05, 4.69) is 20.0 Å². The van der Waals surface area contributed by atoms with Crippen molar-refractivity contribution in [3.8, 4) is 11.4 Å². The molecule has 3 aromatic rings. The van der Waals surface area contributed by atoms with Gasteiger partial charge in [0.15, 0.2) is 11.6 Å². The van der Waals surface area contributed by atoms with Gasteiger partial charge in [0.05, 0.1) is 6.54 Å². The van der Waals surface area contributed by atoms with Gasteiger partial charge in [-0.1, -0.05) is 5.16 Å². The lowest BCUT2D eigenvalue weighted by atomic mass is 10.3. The van der Waals surface area contributed by atoms with Crippen molar-refractivity contribution in [2.75, 3.05) is 6.54 Å². The first-order valence-electron chi connectivity index (χ1n) is 7.78. The number of sulfonamides is 1. The second-order valence-electron chi connectivity index (χ2n) is 5.68. The summed E-state index contributed by atoms with van der Waals surface area (Å²) in [5.41, 5.74) is 0.631. The second kappa shape index (κ2) is 6.84. The zero-order valence-electron chi connectivity index (χ0n) is 14.5. The predicted octanol–water partition coefficient (Wildman–Crippen LogP) is 0.227. The Morgan fingerprint density at radius 2 is 2.08 bits per heavy atom. The molecule has 0 amide bonds. The summed E-state index contributed by atoms with van der Waals surface area (Å²) in [6.07, 6.45) is 3.23. The normalized spacial score (nSPS) is 11.8. The van der Waals surface area contributed by atoms with Crippen LogP contribution in [0.2, 0.25) is 0 Å². The van der Waals surface area contributed by atoms with Gasteiger partial charge in [0, 0.05) is 31.5 Å². The zero-order chi connectivity index (χ0) is 18.9. The van der Waals surface area contributed by atoms with Crippen LogP contribution in [0.5, 0.6) is 0 Å². The molecular formula is C15H18N6O4S. The van der Waals surface area contributed by atoms with Gasteiger partial charge in [0.1, 0.15) is 10.6 Å². The van der Waals surface area contributed by atoms with E-state index in [0.717, 1.165) is 0 Å². The molecule has 0 radical (unpaired) electrons. The highest BCUT2D eigenvalue weighted by molar-refractivity contribution is 7.89. The van der Waals surface area contributed by atoms with E-state index in [-0.39, 0.29) is 35.1 Å². The maximum absolute atomic E-state index is 12.4. The second-order valence-corrected chi connectivity index (χ2v) is 7.38. The van der Waals surface area contributed by atoms with E-state index in [9.17, 15) is 13.2 Å². The van der Waals surface area contributed by atoms with E-state index in [1.807, 2.05) is 0 Å². The molecule has 0 aliphatic rings. The Morgan fingerprint density at radius 1 is 1.31 bits per heavy atom. The van der Waals surface area contributed by atoms with Gasteiger partial charge < -0.3 is 4.52 Å². The number of hydrogen-bond acceptors (Lipinski definition) is 7. The van der Waals surface area contributed by atoms with Gasteiger partial charge in [-0.3, -0.25) is 9.55 Å². The lowest BCUT2D eigenvalue weighted by Crippen LogP contribution is -2.32. The molecule has 0 aromatic carbocycles. The Labute approximate surface area is 149 Å². The molecule has 3 rings (SSSR count). The zero-order valence-corrected chi connectivity index (χ0v) is 15.3. The van der Waals surface area contributed by atoms with Crippen LogP contribution in [-0.2, 0) is 23.6 Å². The number of nitrogens with zero attached hydrogens (tertiary/aromatic N) is 5. The smallest absolute Gasteiger partial charge is 0.345 e. The fourth-order valence-electron chi connectivity index (χ4n) is 2.60. The van der Waals surface area contributed by atoms with Crippen LogP contribution in [0, 0.1) is 13.8 Å². The fraction of sp³-hybridized carbons (Fsp3) is 0.333. The molecule has 0 aliphatic carbocycles. The number of pyridine rings is 1. The summed E-state index contributed by atoms with van der Waals surface area (Å²) in [6.45, 7) is 3.15. The van der Waals surface area contributed by atoms with Gasteiger partial charge in [-0.05, 0) is 26.0 Å². The predicted molar refractivity (Wildman–Crippen MR) is 91.9 cm³/mol. The van der Waals surface area contributed by atoms with E-state index in [4.69, 9.17) is 4.52 Å². The van der Waals surface area contributed by atoms with Gasteiger partial charge >= 0.3 is 5.69 Å². The number of aryl methyl sites for hydroxylation is 2. The molecule has 0 atom stereocenters. The molecule has 0 saturated carbocycles. The highest BCUT2D eigenvalue weighted by atomic mass is 32.2. The number of rotatable bonds is 6. The van der Waals surface area contributed by atoms with Crippen molar-refractivity contribution >= 4 is 10.0 Å². The molecule has 3 heterocycles. The van der Waals surface area contributed by atoms with Crippen molar-refractivity contribution in [2.24, 2.45) is 7.05 Å². The number of nitrogens with one attached hydrogen (secondary N) is 1. The third kappa shape index (κ3) is 3.30. The summed E-state index contributed by atoms with van der Waals surface area (Å²) in [5, 5.41) is 7.90. The quantitative estimate of drug-likeness (QED) is 0.651. The van der Waals surface area contributed by atoms with Crippen molar-refractivity contribution in [1.82, 2.24) is 29.2 Å². The first-order valence-corrected chi connectivity index (χ1v) is 9.26. The Hall–Kier alpha value is -2.79. The number of hydrogen-bond donors (Lipinski definition) is 1. The van der Waals surface area contributed by atoms with Crippen LogP contribution in [-0.4, -0.2) is 39.5 Å². The summed E-state index contributed by atoms with van der Waals surface area (Å²) in [6, 6.07) is 3.54. The fourth-order valence-corrected chi connectivity index (χ4v) is 3.94. The average molecular weight is 378 g/mol. The molecule has 0 bridgehead atoms. The molecule has 3 aromatic heterocycles. The molecule has 0 spiro atoms. The van der Waals surface area contributed by atoms with Gasteiger partial charge in [-0.2, -0.15) is 0 Å². The average Bonchev–Trinajstić information content (AvgIpc) is 3.09. The van der Waals surface area contributed by atoms with E-state index in [1.165, 1.54) is 16.2 Å². The molecule has 10 nitrogen and oxygen atoms in total. The van der Waals surface area contributed by atoms with Crippen LogP contribution in [0.3, 0.4) is 0 Å². The molecule has 11 heteroatoms. The molecule has 138 valence electrons. The van der Waals surface area contributed by atoms with Crippen molar-refractivity contribution in [1.29, 1.82) is 0 Å². The standard InChI is InChI=1S/C15H18N6O4S/c1-10-13(11(2)25-19-10)26(23,24)17-7-8-21-15(22)20(3)14(18-21)12-5-4-6-16-9-12/h4-6,9,17H,7-8H2,1-3H3. The van der Waals surface area contributed by atoms with Gasteiger partial charge in [0.2, 0.25) is 10.0 Å². The topological polar surface area (TPSA) is 125 Å². The first-order chi connectivity index (χ1) is 12.3. The largest absolute Gasteiger partial charge is 0.360 e. The van der Waals surface area contributed by atoms with Crippen molar-refractivity contribution < 1.29 is 12.9 Å². The minimum absolute atomic E-state index is 0.00417. The van der Waals surface area contributed by atoms with E-state index < -0.39 is 10.0 Å². The van der Waals surface area contributed by atoms with E-state index in [1.54, 1.807) is 38.5 Å². The minimum Gasteiger partial charge on any atom is -0.360 e. The summed E-state index contributed by atoms with van der Waals surface area (Å²) >= 11 is 0.